The Balaban J connectivity index is 2.37. The molecule has 1 fully saturated rings. The molecule has 5 atom stereocenters. The summed E-state index contributed by atoms with van der Waals surface area (Å²) in [5.41, 5.74) is 0.319. The minimum atomic E-state index is -1.50. The van der Waals surface area contributed by atoms with Gasteiger partial charge in [0.05, 0.1) is 17.4 Å². The van der Waals surface area contributed by atoms with E-state index in [9.17, 15) is 29.2 Å². The van der Waals surface area contributed by atoms with Crippen molar-refractivity contribution in [3.8, 4) is 17.4 Å². The van der Waals surface area contributed by atoms with Crippen LogP contribution in [-0.2, 0) is 42.9 Å². The molecule has 0 aliphatic carbocycles. The summed E-state index contributed by atoms with van der Waals surface area (Å²) in [6.45, 7) is 6.81. The Morgan fingerprint density at radius 3 is 2.02 bits per heavy atom. The number of pyridine rings is 1. The summed E-state index contributed by atoms with van der Waals surface area (Å²) in [5, 5.41) is 10.1. The molecule has 0 saturated carbocycles. The largest absolute Gasteiger partial charge is 0.464 e. The smallest absolute Gasteiger partial charge is 0.303 e. The van der Waals surface area contributed by atoms with Gasteiger partial charge in [-0.3, -0.25) is 24.0 Å². The normalized spacial score (nSPS) is 21.7. The highest BCUT2D eigenvalue weighted by molar-refractivity contribution is 7.71. The number of hydrogen-bond donors (Lipinski definition) is 0. The summed E-state index contributed by atoms with van der Waals surface area (Å²) in [7, 11) is 0. The third kappa shape index (κ3) is 6.69. The van der Waals surface area contributed by atoms with Crippen LogP contribution in [-0.4, -0.2) is 65.3 Å². The molecule has 1 aliphatic heterocycles. The van der Waals surface area contributed by atoms with Crippen LogP contribution in [0.5, 0.6) is 0 Å². The van der Waals surface area contributed by atoms with Crippen LogP contribution in [0, 0.1) is 22.9 Å². The number of nitrogens with zero attached hydrogens (tertiary/aromatic N) is 2. The summed E-state index contributed by atoms with van der Waals surface area (Å²) >= 11 is 5.69. The van der Waals surface area contributed by atoms with Crippen molar-refractivity contribution in [2.24, 2.45) is 0 Å². The fourth-order valence-corrected chi connectivity index (χ4v) is 5.12. The molecule has 0 N–H and O–H groups in total. The number of carbonyl (C=O) groups excluding carboxylic acids is 5. The number of aromatic nitrogens is 1. The summed E-state index contributed by atoms with van der Waals surface area (Å²) < 4.78 is 34.4. The third-order valence-electron chi connectivity index (χ3n) is 6.11. The number of ketones is 1. The zero-order valence-corrected chi connectivity index (χ0v) is 23.9. The molecule has 0 aromatic carbocycles. The minimum absolute atomic E-state index is 0.0676. The van der Waals surface area contributed by atoms with E-state index in [1.807, 2.05) is 6.07 Å². The number of hydrogen-bond acceptors (Lipinski definition) is 13. The number of Topliss-reactive ketones (excluding diaryl/α,β-unsaturated/α-hetero) is 1. The van der Waals surface area contributed by atoms with Crippen LogP contribution < -0.4 is 0 Å². The highest BCUT2D eigenvalue weighted by atomic mass is 32.1. The molecule has 0 spiro atoms. The molecule has 41 heavy (non-hydrogen) atoms. The first-order valence-electron chi connectivity index (χ1n) is 12.3. The molecule has 1 saturated heterocycles. The molecule has 218 valence electrons. The van der Waals surface area contributed by atoms with Gasteiger partial charge in [-0.15, -0.1) is 0 Å². The van der Waals surface area contributed by atoms with Crippen molar-refractivity contribution in [3.63, 3.8) is 0 Å². The molecule has 2 aromatic heterocycles. The van der Waals surface area contributed by atoms with Gasteiger partial charge in [-0.2, -0.15) is 5.26 Å². The number of nitriles is 1. The van der Waals surface area contributed by atoms with Crippen molar-refractivity contribution in [1.82, 2.24) is 4.57 Å². The first-order chi connectivity index (χ1) is 19.3. The zero-order valence-electron chi connectivity index (χ0n) is 23.1. The Bertz CT molecular complexity index is 1470. The lowest BCUT2D eigenvalue weighted by molar-refractivity contribution is -0.269. The molecule has 3 heterocycles. The van der Waals surface area contributed by atoms with E-state index in [0.717, 1.165) is 27.7 Å². The van der Waals surface area contributed by atoms with E-state index in [0.29, 0.717) is 0 Å². The molecule has 13 nitrogen and oxygen atoms in total. The summed E-state index contributed by atoms with van der Waals surface area (Å²) in [6.07, 6.45) is -5.70. The van der Waals surface area contributed by atoms with E-state index in [1.54, 1.807) is 12.1 Å². The number of furan rings is 1. The van der Waals surface area contributed by atoms with Crippen LogP contribution >= 0.6 is 12.2 Å². The molecule has 0 radical (unpaired) electrons. The Hall–Kier alpha value is -4.35. The van der Waals surface area contributed by atoms with Crippen LogP contribution in [0.4, 0.5) is 0 Å². The summed E-state index contributed by atoms with van der Waals surface area (Å²) in [5.74, 6) is -3.32. The molecule has 2 aromatic rings. The van der Waals surface area contributed by atoms with Gasteiger partial charge < -0.3 is 32.7 Å². The van der Waals surface area contributed by atoms with Gasteiger partial charge >= 0.3 is 23.9 Å². The molecule has 0 bridgehead atoms. The molecular weight excluding hydrogens is 560 g/mol. The molecule has 3 rings (SSSR count). The van der Waals surface area contributed by atoms with Gasteiger partial charge in [-0.1, -0.05) is 12.2 Å². The van der Waals surface area contributed by atoms with E-state index in [2.05, 4.69) is 0 Å². The second kappa shape index (κ2) is 12.9. The quantitative estimate of drug-likeness (QED) is 0.191. The number of carbonyl (C=O) groups is 5. The SMILES string of the molecule is CC(=O)OC[C@@H]1O[C@H](n2c(C)c(C(C)=O)c(-c3ccco3)c(C#N)c2=S)[C@H](OC(C)=O)[C@H](OC(C)=O)[C@@H]1OC(C)=O. The van der Waals surface area contributed by atoms with Crippen LogP contribution in [0.15, 0.2) is 22.8 Å². The number of ether oxygens (including phenoxy) is 5. The van der Waals surface area contributed by atoms with Gasteiger partial charge in [0.2, 0.25) is 0 Å². The van der Waals surface area contributed by atoms with Crippen LogP contribution in [0.3, 0.4) is 0 Å². The van der Waals surface area contributed by atoms with Crippen molar-refractivity contribution in [3.05, 3.63) is 39.9 Å². The Labute approximate surface area is 239 Å². The fraction of sp³-hybridized carbons (Fsp3) is 0.444. The lowest BCUT2D eigenvalue weighted by Gasteiger charge is -2.45. The van der Waals surface area contributed by atoms with Crippen molar-refractivity contribution in [2.45, 2.75) is 72.2 Å². The Morgan fingerprint density at radius 2 is 1.54 bits per heavy atom. The van der Waals surface area contributed by atoms with E-state index in [4.69, 9.17) is 40.3 Å². The van der Waals surface area contributed by atoms with E-state index < -0.39 is 66.9 Å². The Morgan fingerprint density at radius 1 is 0.951 bits per heavy atom. The van der Waals surface area contributed by atoms with Crippen LogP contribution in [0.2, 0.25) is 0 Å². The van der Waals surface area contributed by atoms with Gasteiger partial charge in [0.25, 0.3) is 0 Å². The monoisotopic (exact) mass is 588 g/mol. The van der Waals surface area contributed by atoms with Crippen molar-refractivity contribution in [2.75, 3.05) is 6.61 Å². The molecule has 0 amide bonds. The average molecular weight is 589 g/mol. The van der Waals surface area contributed by atoms with Gasteiger partial charge in [-0.25, -0.2) is 0 Å². The predicted molar refractivity (Wildman–Crippen MR) is 140 cm³/mol. The van der Waals surface area contributed by atoms with Gasteiger partial charge in [0.1, 0.15) is 29.2 Å². The first-order valence-corrected chi connectivity index (χ1v) is 12.7. The second-order valence-electron chi connectivity index (χ2n) is 9.12. The van der Waals surface area contributed by atoms with Gasteiger partial charge in [-0.05, 0) is 26.0 Å². The van der Waals surface area contributed by atoms with Crippen molar-refractivity contribution >= 4 is 41.9 Å². The lowest BCUT2D eigenvalue weighted by Crippen LogP contribution is -2.60. The minimum Gasteiger partial charge on any atom is -0.464 e. The maximum absolute atomic E-state index is 13.0. The standard InChI is InChI=1S/C27H28N2O11S/c1-12-21(13(2)30)22(19-8-7-9-35-19)18(10-28)27(41)29(12)26-25(39-17(6)34)24(38-16(5)33)23(37-15(4)32)20(40-26)11-36-14(3)31/h7-9,20,23-26H,11H2,1-6H3/t20-,23+,24+,25+,26-/m0/s1. The van der Waals surface area contributed by atoms with Gasteiger partial charge in [0.15, 0.2) is 30.3 Å². The summed E-state index contributed by atoms with van der Waals surface area (Å²) in [4.78, 5) is 61.1. The summed E-state index contributed by atoms with van der Waals surface area (Å²) in [6, 6.07) is 5.16. The van der Waals surface area contributed by atoms with E-state index >= 15 is 0 Å². The van der Waals surface area contributed by atoms with Crippen LogP contribution in [0.1, 0.15) is 62.5 Å². The second-order valence-corrected chi connectivity index (χ2v) is 9.51. The van der Waals surface area contributed by atoms with E-state index in [1.165, 1.54) is 24.7 Å². The molecule has 0 unspecified atom stereocenters. The lowest BCUT2D eigenvalue weighted by atomic mass is 9.94. The third-order valence-corrected chi connectivity index (χ3v) is 6.51. The van der Waals surface area contributed by atoms with E-state index in [-0.39, 0.29) is 32.8 Å². The fourth-order valence-electron chi connectivity index (χ4n) is 4.73. The maximum atomic E-state index is 13.0. The molecule has 14 heteroatoms. The zero-order chi connectivity index (χ0) is 30.6. The maximum Gasteiger partial charge on any atom is 0.303 e. The number of esters is 4. The van der Waals surface area contributed by atoms with Gasteiger partial charge in [0, 0.05) is 39.0 Å². The molecular formula is C27H28N2O11S. The first kappa shape index (κ1) is 31.2. The highest BCUT2D eigenvalue weighted by Crippen LogP contribution is 2.39. The van der Waals surface area contributed by atoms with Crippen molar-refractivity contribution in [1.29, 1.82) is 5.26 Å². The van der Waals surface area contributed by atoms with Crippen LogP contribution in [0.25, 0.3) is 11.3 Å². The topological polar surface area (TPSA) is 173 Å². The van der Waals surface area contributed by atoms with Crippen molar-refractivity contribution < 1.29 is 52.1 Å². The number of rotatable bonds is 8. The Kier molecular flexibility index (Phi) is 9.79. The predicted octanol–water partition coefficient (Wildman–Crippen LogP) is 3.12. The highest BCUT2D eigenvalue weighted by Gasteiger charge is 2.53. The molecule has 1 aliphatic rings. The average Bonchev–Trinajstić information content (AvgIpc) is 3.39.